The first-order chi connectivity index (χ1) is 11.2. The van der Waals surface area contributed by atoms with Crippen LogP contribution in [0.3, 0.4) is 0 Å². The number of aromatic nitrogens is 2. The van der Waals surface area contributed by atoms with Gasteiger partial charge in [-0.1, -0.05) is 0 Å². The Morgan fingerprint density at radius 2 is 1.96 bits per heavy atom. The summed E-state index contributed by atoms with van der Waals surface area (Å²) < 4.78 is 10.4. The van der Waals surface area contributed by atoms with Gasteiger partial charge >= 0.3 is 0 Å². The number of amides is 1. The molecule has 1 amide bonds. The molecule has 0 bridgehead atoms. The number of carbonyl (C=O) groups is 1. The van der Waals surface area contributed by atoms with Gasteiger partial charge in [0.2, 0.25) is 0 Å². The predicted molar refractivity (Wildman–Crippen MR) is 86.2 cm³/mol. The van der Waals surface area contributed by atoms with Gasteiger partial charge in [0.05, 0.1) is 19.9 Å². The molecule has 0 radical (unpaired) electrons. The predicted octanol–water partition coefficient (Wildman–Crippen LogP) is 2.32. The van der Waals surface area contributed by atoms with Gasteiger partial charge < -0.3 is 20.1 Å². The highest BCUT2D eigenvalue weighted by molar-refractivity contribution is 6.03. The SMILES string of the molecule is COc1ccc(OC)c(NC(=O)c2ccc(NC3CC3)nn2)c1. The van der Waals surface area contributed by atoms with E-state index < -0.39 is 0 Å². The summed E-state index contributed by atoms with van der Waals surface area (Å²) in [6, 6.07) is 9.05. The number of benzene rings is 1. The first-order valence-electron chi connectivity index (χ1n) is 7.33. The number of ether oxygens (including phenoxy) is 2. The minimum Gasteiger partial charge on any atom is -0.497 e. The van der Waals surface area contributed by atoms with Gasteiger partial charge in [-0.05, 0) is 37.1 Å². The molecule has 1 fully saturated rings. The monoisotopic (exact) mass is 314 g/mol. The summed E-state index contributed by atoms with van der Waals surface area (Å²) in [4.78, 5) is 12.3. The van der Waals surface area contributed by atoms with E-state index in [9.17, 15) is 4.79 Å². The molecule has 7 heteroatoms. The van der Waals surface area contributed by atoms with Crippen molar-refractivity contribution < 1.29 is 14.3 Å². The summed E-state index contributed by atoms with van der Waals surface area (Å²) in [6.45, 7) is 0. The summed E-state index contributed by atoms with van der Waals surface area (Å²) in [5.41, 5.74) is 0.745. The van der Waals surface area contributed by atoms with Crippen molar-refractivity contribution in [1.82, 2.24) is 10.2 Å². The molecular formula is C16H18N4O3. The lowest BCUT2D eigenvalue weighted by Crippen LogP contribution is -2.15. The Hall–Kier alpha value is -2.83. The molecule has 0 unspecified atom stereocenters. The maximum absolute atomic E-state index is 12.3. The number of methoxy groups -OCH3 is 2. The summed E-state index contributed by atoms with van der Waals surface area (Å²) in [7, 11) is 3.10. The summed E-state index contributed by atoms with van der Waals surface area (Å²) >= 11 is 0. The third-order valence-electron chi connectivity index (χ3n) is 3.48. The van der Waals surface area contributed by atoms with Crippen LogP contribution in [0, 0.1) is 0 Å². The molecule has 1 aromatic carbocycles. The highest BCUT2D eigenvalue weighted by atomic mass is 16.5. The van der Waals surface area contributed by atoms with Gasteiger partial charge in [-0.3, -0.25) is 4.79 Å². The van der Waals surface area contributed by atoms with E-state index in [0.717, 1.165) is 12.8 Å². The third kappa shape index (κ3) is 3.68. The first-order valence-corrected chi connectivity index (χ1v) is 7.33. The molecule has 0 atom stereocenters. The van der Waals surface area contributed by atoms with Crippen LogP contribution in [0.15, 0.2) is 30.3 Å². The smallest absolute Gasteiger partial charge is 0.276 e. The van der Waals surface area contributed by atoms with Crippen molar-refractivity contribution in [3.8, 4) is 11.5 Å². The maximum Gasteiger partial charge on any atom is 0.276 e. The van der Waals surface area contributed by atoms with Gasteiger partial charge in [0.1, 0.15) is 17.3 Å². The zero-order valence-electron chi connectivity index (χ0n) is 13.0. The summed E-state index contributed by atoms with van der Waals surface area (Å²) in [5.74, 6) is 1.49. The largest absolute Gasteiger partial charge is 0.497 e. The molecule has 3 rings (SSSR count). The molecule has 1 aliphatic rings. The van der Waals surface area contributed by atoms with Crippen molar-refractivity contribution in [2.45, 2.75) is 18.9 Å². The summed E-state index contributed by atoms with van der Waals surface area (Å²) in [5, 5.41) is 14.0. The lowest BCUT2D eigenvalue weighted by atomic mass is 10.2. The zero-order valence-corrected chi connectivity index (χ0v) is 13.0. The minimum absolute atomic E-state index is 0.233. The van der Waals surface area contributed by atoms with Crippen LogP contribution in [0.2, 0.25) is 0 Å². The fourth-order valence-corrected chi connectivity index (χ4v) is 2.07. The number of hydrogen-bond acceptors (Lipinski definition) is 6. The molecule has 2 aromatic rings. The van der Waals surface area contributed by atoms with E-state index in [1.54, 1.807) is 37.4 Å². The molecular weight excluding hydrogens is 296 g/mol. The molecule has 1 aliphatic carbocycles. The maximum atomic E-state index is 12.3. The number of carbonyl (C=O) groups excluding carboxylic acids is 1. The van der Waals surface area contributed by atoms with Crippen molar-refractivity contribution in [3.63, 3.8) is 0 Å². The van der Waals surface area contributed by atoms with Gasteiger partial charge in [0.15, 0.2) is 5.69 Å². The van der Waals surface area contributed by atoms with Gasteiger partial charge in [0.25, 0.3) is 5.91 Å². The molecule has 0 saturated heterocycles. The normalized spacial score (nSPS) is 13.3. The molecule has 1 heterocycles. The molecule has 120 valence electrons. The fraction of sp³-hybridized carbons (Fsp3) is 0.312. The van der Waals surface area contributed by atoms with Gasteiger partial charge in [-0.25, -0.2) is 0 Å². The van der Waals surface area contributed by atoms with Crippen molar-refractivity contribution in [2.75, 3.05) is 24.9 Å². The molecule has 0 spiro atoms. The van der Waals surface area contributed by atoms with E-state index in [0.29, 0.717) is 29.0 Å². The van der Waals surface area contributed by atoms with E-state index in [-0.39, 0.29) is 11.6 Å². The van der Waals surface area contributed by atoms with Crippen LogP contribution in [0.4, 0.5) is 11.5 Å². The van der Waals surface area contributed by atoms with Crippen LogP contribution in [-0.2, 0) is 0 Å². The first kappa shape index (κ1) is 15.1. The van der Waals surface area contributed by atoms with Crippen LogP contribution in [0.25, 0.3) is 0 Å². The van der Waals surface area contributed by atoms with Crippen molar-refractivity contribution in [3.05, 3.63) is 36.0 Å². The minimum atomic E-state index is -0.359. The highest BCUT2D eigenvalue weighted by Crippen LogP contribution is 2.29. The molecule has 1 aromatic heterocycles. The Bertz CT molecular complexity index is 699. The lowest BCUT2D eigenvalue weighted by molar-refractivity contribution is 0.102. The molecule has 23 heavy (non-hydrogen) atoms. The topological polar surface area (TPSA) is 85.4 Å². The molecule has 2 N–H and O–H groups in total. The quantitative estimate of drug-likeness (QED) is 0.851. The van der Waals surface area contributed by atoms with E-state index in [2.05, 4.69) is 20.8 Å². The number of nitrogens with zero attached hydrogens (tertiary/aromatic N) is 2. The highest BCUT2D eigenvalue weighted by Gasteiger charge is 2.21. The van der Waals surface area contributed by atoms with Gasteiger partial charge in [-0.2, -0.15) is 0 Å². The fourth-order valence-electron chi connectivity index (χ4n) is 2.07. The lowest BCUT2D eigenvalue weighted by Gasteiger charge is -2.11. The van der Waals surface area contributed by atoms with Gasteiger partial charge in [-0.15, -0.1) is 10.2 Å². The standard InChI is InChI=1S/C16H18N4O3/c1-22-11-5-7-14(23-2)13(9-11)18-16(21)12-6-8-15(20-19-12)17-10-3-4-10/h5-10H,3-4H2,1-2H3,(H,17,20)(H,18,21). The van der Waals surface area contributed by atoms with Crippen LogP contribution < -0.4 is 20.1 Å². The molecule has 7 nitrogen and oxygen atoms in total. The van der Waals surface area contributed by atoms with E-state index in [1.165, 1.54) is 7.11 Å². The van der Waals surface area contributed by atoms with E-state index in [1.807, 2.05) is 0 Å². The Morgan fingerprint density at radius 1 is 1.13 bits per heavy atom. The van der Waals surface area contributed by atoms with E-state index >= 15 is 0 Å². The second-order valence-electron chi connectivity index (χ2n) is 5.24. The Labute approximate surface area is 134 Å². The number of rotatable bonds is 6. The van der Waals surface area contributed by atoms with Crippen LogP contribution in [-0.4, -0.2) is 36.4 Å². The van der Waals surface area contributed by atoms with Crippen molar-refractivity contribution >= 4 is 17.4 Å². The van der Waals surface area contributed by atoms with E-state index in [4.69, 9.17) is 9.47 Å². The second-order valence-corrected chi connectivity index (χ2v) is 5.24. The molecule has 0 aliphatic heterocycles. The third-order valence-corrected chi connectivity index (χ3v) is 3.48. The number of anilines is 2. The number of hydrogen-bond donors (Lipinski definition) is 2. The average molecular weight is 314 g/mol. The Balaban J connectivity index is 1.72. The summed E-state index contributed by atoms with van der Waals surface area (Å²) in [6.07, 6.45) is 2.30. The Morgan fingerprint density at radius 3 is 2.57 bits per heavy atom. The van der Waals surface area contributed by atoms with Gasteiger partial charge in [0, 0.05) is 12.1 Å². The second kappa shape index (κ2) is 6.51. The Kier molecular flexibility index (Phi) is 4.27. The average Bonchev–Trinajstić information content (AvgIpc) is 3.39. The molecule has 1 saturated carbocycles. The zero-order chi connectivity index (χ0) is 16.2. The van der Waals surface area contributed by atoms with Crippen molar-refractivity contribution in [1.29, 1.82) is 0 Å². The van der Waals surface area contributed by atoms with Crippen LogP contribution in [0.5, 0.6) is 11.5 Å². The number of nitrogens with one attached hydrogen (secondary N) is 2. The van der Waals surface area contributed by atoms with Crippen LogP contribution in [0.1, 0.15) is 23.3 Å². The van der Waals surface area contributed by atoms with Crippen molar-refractivity contribution in [2.24, 2.45) is 0 Å². The van der Waals surface area contributed by atoms with Crippen LogP contribution >= 0.6 is 0 Å².